The van der Waals surface area contributed by atoms with Crippen LogP contribution in [0.5, 0.6) is 0 Å². The van der Waals surface area contributed by atoms with Gasteiger partial charge in [0, 0.05) is 38.0 Å². The average Bonchev–Trinajstić information content (AvgIpc) is 2.89. The molecule has 22 heavy (non-hydrogen) atoms. The number of carbonyl (C=O) groups excluding carboxylic acids is 2. The standard InChI is InChI=1S/C15H27N3O3S/c1-12(2)9-13(17-3-6-21-7-4-17)10-16-14(19)11-18-5-8-22-15(18)20/h12-13H,3-11H2,1-2H3,(H,16,19). The fraction of sp³-hybridized carbons (Fsp3) is 0.867. The Bertz CT molecular complexity index is 386. The quantitative estimate of drug-likeness (QED) is 0.755. The number of hydrogen-bond donors (Lipinski definition) is 1. The first-order valence-corrected chi connectivity index (χ1v) is 9.05. The molecular formula is C15H27N3O3S. The number of hydrogen-bond acceptors (Lipinski definition) is 5. The van der Waals surface area contributed by atoms with E-state index < -0.39 is 0 Å². The zero-order valence-electron chi connectivity index (χ0n) is 13.5. The summed E-state index contributed by atoms with van der Waals surface area (Å²) in [5.41, 5.74) is 0. The van der Waals surface area contributed by atoms with Gasteiger partial charge in [-0.25, -0.2) is 0 Å². The maximum absolute atomic E-state index is 12.1. The zero-order chi connectivity index (χ0) is 15.9. The smallest absolute Gasteiger partial charge is 0.282 e. The van der Waals surface area contributed by atoms with Crippen molar-refractivity contribution in [2.24, 2.45) is 5.92 Å². The number of rotatable bonds is 7. The summed E-state index contributed by atoms with van der Waals surface area (Å²) < 4.78 is 5.41. The Labute approximate surface area is 136 Å². The van der Waals surface area contributed by atoms with E-state index in [-0.39, 0.29) is 17.7 Å². The summed E-state index contributed by atoms with van der Waals surface area (Å²) in [7, 11) is 0. The van der Waals surface area contributed by atoms with Gasteiger partial charge in [-0.15, -0.1) is 0 Å². The predicted octanol–water partition coefficient (Wildman–Crippen LogP) is 1.02. The van der Waals surface area contributed by atoms with Gasteiger partial charge in [-0.3, -0.25) is 14.5 Å². The molecule has 0 spiro atoms. The molecule has 0 saturated carbocycles. The molecule has 0 aromatic carbocycles. The molecule has 2 amide bonds. The third-order valence-electron chi connectivity index (χ3n) is 4.02. The Balaban J connectivity index is 1.79. The summed E-state index contributed by atoms with van der Waals surface area (Å²) in [6.07, 6.45) is 1.05. The summed E-state index contributed by atoms with van der Waals surface area (Å²) in [6, 6.07) is 0.344. The van der Waals surface area contributed by atoms with Crippen LogP contribution in [0.4, 0.5) is 4.79 Å². The van der Waals surface area contributed by atoms with Gasteiger partial charge in [-0.05, 0) is 12.3 Å². The summed E-state index contributed by atoms with van der Waals surface area (Å²) in [4.78, 5) is 27.6. The van der Waals surface area contributed by atoms with E-state index in [9.17, 15) is 9.59 Å². The van der Waals surface area contributed by atoms with Gasteiger partial charge in [-0.2, -0.15) is 0 Å². The lowest BCUT2D eigenvalue weighted by molar-refractivity contribution is -0.121. The number of amides is 2. The molecule has 1 unspecified atom stereocenters. The number of carbonyl (C=O) groups is 2. The molecule has 0 radical (unpaired) electrons. The van der Waals surface area contributed by atoms with Crippen molar-refractivity contribution in [3.05, 3.63) is 0 Å². The Morgan fingerprint density at radius 3 is 2.64 bits per heavy atom. The number of morpholine rings is 1. The van der Waals surface area contributed by atoms with E-state index in [1.54, 1.807) is 4.90 Å². The number of nitrogens with one attached hydrogen (secondary N) is 1. The van der Waals surface area contributed by atoms with E-state index in [0.717, 1.165) is 38.5 Å². The van der Waals surface area contributed by atoms with Crippen LogP contribution in [0, 0.1) is 5.92 Å². The summed E-state index contributed by atoms with van der Waals surface area (Å²) in [6.45, 7) is 9.29. The number of thioether (sulfide) groups is 1. The van der Waals surface area contributed by atoms with Crippen LogP contribution < -0.4 is 5.32 Å². The van der Waals surface area contributed by atoms with Crippen LogP contribution in [0.1, 0.15) is 20.3 Å². The molecule has 6 nitrogen and oxygen atoms in total. The minimum Gasteiger partial charge on any atom is -0.379 e. The lowest BCUT2D eigenvalue weighted by atomic mass is 10.0. The van der Waals surface area contributed by atoms with E-state index in [2.05, 4.69) is 24.1 Å². The van der Waals surface area contributed by atoms with Crippen LogP contribution in [-0.2, 0) is 9.53 Å². The van der Waals surface area contributed by atoms with Crippen molar-refractivity contribution in [1.82, 2.24) is 15.1 Å². The third-order valence-corrected chi connectivity index (χ3v) is 4.91. The van der Waals surface area contributed by atoms with Crippen molar-refractivity contribution < 1.29 is 14.3 Å². The minimum atomic E-state index is -0.0575. The zero-order valence-corrected chi connectivity index (χ0v) is 14.4. The van der Waals surface area contributed by atoms with Gasteiger partial charge >= 0.3 is 0 Å². The van der Waals surface area contributed by atoms with Crippen molar-refractivity contribution in [2.75, 3.05) is 51.7 Å². The highest BCUT2D eigenvalue weighted by Gasteiger charge is 2.25. The average molecular weight is 329 g/mol. The normalized spacial score (nSPS) is 21.4. The van der Waals surface area contributed by atoms with Crippen LogP contribution >= 0.6 is 11.8 Å². The molecule has 0 aromatic heterocycles. The first kappa shape index (κ1) is 17.6. The first-order chi connectivity index (χ1) is 10.6. The fourth-order valence-electron chi connectivity index (χ4n) is 2.88. The second kappa shape index (κ2) is 8.74. The van der Waals surface area contributed by atoms with Gasteiger partial charge in [0.1, 0.15) is 6.54 Å². The molecule has 2 rings (SSSR count). The first-order valence-electron chi connectivity index (χ1n) is 8.06. The van der Waals surface area contributed by atoms with Gasteiger partial charge in [0.25, 0.3) is 5.24 Å². The van der Waals surface area contributed by atoms with Gasteiger partial charge < -0.3 is 15.0 Å². The highest BCUT2D eigenvalue weighted by molar-refractivity contribution is 8.13. The van der Waals surface area contributed by atoms with E-state index in [1.807, 2.05) is 0 Å². The minimum absolute atomic E-state index is 0.0158. The largest absolute Gasteiger partial charge is 0.379 e. The SMILES string of the molecule is CC(C)CC(CNC(=O)CN1CCSC1=O)N1CCOCC1. The van der Waals surface area contributed by atoms with Crippen molar-refractivity contribution in [2.45, 2.75) is 26.3 Å². The Hall–Kier alpha value is -0.790. The summed E-state index contributed by atoms with van der Waals surface area (Å²) >= 11 is 1.29. The molecule has 2 saturated heterocycles. The van der Waals surface area contributed by atoms with Crippen LogP contribution in [0.2, 0.25) is 0 Å². The second-order valence-corrected chi connectivity index (χ2v) is 7.32. The van der Waals surface area contributed by atoms with Crippen molar-refractivity contribution in [1.29, 1.82) is 0 Å². The van der Waals surface area contributed by atoms with Crippen LogP contribution in [-0.4, -0.2) is 78.7 Å². The molecular weight excluding hydrogens is 302 g/mol. The van der Waals surface area contributed by atoms with E-state index in [0.29, 0.717) is 25.0 Å². The van der Waals surface area contributed by atoms with Crippen molar-refractivity contribution in [3.8, 4) is 0 Å². The fourth-order valence-corrected chi connectivity index (χ4v) is 3.70. The van der Waals surface area contributed by atoms with Crippen LogP contribution in [0.3, 0.4) is 0 Å². The molecule has 2 aliphatic rings. The third kappa shape index (κ3) is 5.44. The second-order valence-electron chi connectivity index (χ2n) is 6.27. The van der Waals surface area contributed by atoms with Gasteiger partial charge in [0.15, 0.2) is 0 Å². The molecule has 126 valence electrons. The lowest BCUT2D eigenvalue weighted by Crippen LogP contribution is -2.50. The predicted molar refractivity (Wildman–Crippen MR) is 88.1 cm³/mol. The van der Waals surface area contributed by atoms with E-state index >= 15 is 0 Å². The molecule has 7 heteroatoms. The van der Waals surface area contributed by atoms with Crippen molar-refractivity contribution >= 4 is 22.9 Å². The molecule has 0 aliphatic carbocycles. The molecule has 0 aromatic rings. The Morgan fingerprint density at radius 1 is 1.32 bits per heavy atom. The summed E-state index contributed by atoms with van der Waals surface area (Å²) in [5.74, 6) is 1.31. The topological polar surface area (TPSA) is 61.9 Å². The molecule has 1 atom stereocenters. The highest BCUT2D eigenvalue weighted by Crippen LogP contribution is 2.16. The van der Waals surface area contributed by atoms with Crippen molar-refractivity contribution in [3.63, 3.8) is 0 Å². The molecule has 2 fully saturated rings. The molecule has 2 aliphatic heterocycles. The molecule has 1 N–H and O–H groups in total. The summed E-state index contributed by atoms with van der Waals surface area (Å²) in [5, 5.41) is 3.02. The highest BCUT2D eigenvalue weighted by atomic mass is 32.2. The van der Waals surface area contributed by atoms with Crippen LogP contribution in [0.25, 0.3) is 0 Å². The Kier molecular flexibility index (Phi) is 6.98. The van der Waals surface area contributed by atoms with Gasteiger partial charge in [-0.1, -0.05) is 25.6 Å². The maximum atomic E-state index is 12.1. The van der Waals surface area contributed by atoms with Crippen LogP contribution in [0.15, 0.2) is 0 Å². The lowest BCUT2D eigenvalue weighted by Gasteiger charge is -2.35. The van der Waals surface area contributed by atoms with E-state index in [1.165, 1.54) is 11.8 Å². The number of ether oxygens (including phenoxy) is 1. The van der Waals surface area contributed by atoms with Gasteiger partial charge in [0.05, 0.1) is 13.2 Å². The molecule has 2 heterocycles. The molecule has 0 bridgehead atoms. The number of nitrogens with zero attached hydrogens (tertiary/aromatic N) is 2. The Morgan fingerprint density at radius 2 is 2.05 bits per heavy atom. The van der Waals surface area contributed by atoms with E-state index in [4.69, 9.17) is 4.74 Å². The maximum Gasteiger partial charge on any atom is 0.282 e. The van der Waals surface area contributed by atoms with Gasteiger partial charge in [0.2, 0.25) is 5.91 Å². The monoisotopic (exact) mass is 329 g/mol.